The van der Waals surface area contributed by atoms with Crippen LogP contribution in [0.1, 0.15) is 15.9 Å². The average Bonchev–Trinajstić information content (AvgIpc) is 2.37. The van der Waals surface area contributed by atoms with Crippen molar-refractivity contribution in [3.63, 3.8) is 0 Å². The van der Waals surface area contributed by atoms with Gasteiger partial charge in [0.1, 0.15) is 11.6 Å². The Hall–Kier alpha value is -2.43. The molecule has 2 aromatic carbocycles. The van der Waals surface area contributed by atoms with Gasteiger partial charge in [0.2, 0.25) is 0 Å². The number of hydrogen-bond acceptors (Lipinski definition) is 2. The lowest BCUT2D eigenvalue weighted by atomic mass is 10.1. The highest BCUT2D eigenvalue weighted by molar-refractivity contribution is 6.08. The molecule has 0 saturated carbocycles. The number of nitrogens with one attached hydrogen (secondary N) is 1. The Morgan fingerprint density at radius 1 is 1.21 bits per heavy atom. The van der Waals surface area contributed by atoms with E-state index in [1.165, 1.54) is 18.2 Å². The number of anilines is 2. The van der Waals surface area contributed by atoms with Crippen LogP contribution in [-0.4, -0.2) is 5.91 Å². The van der Waals surface area contributed by atoms with Gasteiger partial charge in [-0.2, -0.15) is 0 Å². The van der Waals surface area contributed by atoms with Gasteiger partial charge in [-0.1, -0.05) is 12.1 Å². The normalized spacial score (nSPS) is 10.3. The van der Waals surface area contributed by atoms with Crippen molar-refractivity contribution in [1.29, 1.82) is 0 Å². The van der Waals surface area contributed by atoms with Crippen LogP contribution in [0, 0.1) is 18.6 Å². The summed E-state index contributed by atoms with van der Waals surface area (Å²) in [6.07, 6.45) is 0. The second kappa shape index (κ2) is 5.06. The second-order valence-electron chi connectivity index (χ2n) is 4.12. The number of benzene rings is 2. The smallest absolute Gasteiger partial charge is 0.257 e. The Morgan fingerprint density at radius 3 is 2.63 bits per heavy atom. The summed E-state index contributed by atoms with van der Waals surface area (Å²) in [4.78, 5) is 12.0. The van der Waals surface area contributed by atoms with Gasteiger partial charge >= 0.3 is 0 Å². The van der Waals surface area contributed by atoms with E-state index in [-0.39, 0.29) is 16.9 Å². The van der Waals surface area contributed by atoms with Crippen LogP contribution in [0.15, 0.2) is 36.4 Å². The van der Waals surface area contributed by atoms with E-state index in [1.807, 2.05) is 0 Å². The molecule has 98 valence electrons. The number of carbonyl (C=O) groups is 1. The van der Waals surface area contributed by atoms with Crippen LogP contribution in [0.4, 0.5) is 20.2 Å². The van der Waals surface area contributed by atoms with Crippen LogP contribution in [0.3, 0.4) is 0 Å². The topological polar surface area (TPSA) is 55.1 Å². The first kappa shape index (κ1) is 13.0. The molecule has 2 aromatic rings. The maximum atomic E-state index is 13.6. The van der Waals surface area contributed by atoms with Gasteiger partial charge in [-0.05, 0) is 36.8 Å². The van der Waals surface area contributed by atoms with Crippen molar-refractivity contribution >= 4 is 17.3 Å². The minimum Gasteiger partial charge on any atom is -0.398 e. The standard InChI is InChI=1S/C14H12F2N2O/c1-8-3-2-4-11(16)13(8)18-14(19)10-7-9(15)5-6-12(10)17/h2-7H,17H2,1H3,(H,18,19). The van der Waals surface area contributed by atoms with E-state index < -0.39 is 17.5 Å². The van der Waals surface area contributed by atoms with Crippen LogP contribution < -0.4 is 11.1 Å². The molecule has 0 saturated heterocycles. The number of aryl methyl sites for hydroxylation is 1. The minimum absolute atomic E-state index is 0.0253. The van der Waals surface area contributed by atoms with E-state index in [1.54, 1.807) is 13.0 Å². The van der Waals surface area contributed by atoms with Gasteiger partial charge < -0.3 is 11.1 Å². The highest BCUT2D eigenvalue weighted by Gasteiger charge is 2.14. The fraction of sp³-hybridized carbons (Fsp3) is 0.0714. The largest absolute Gasteiger partial charge is 0.398 e. The van der Waals surface area contributed by atoms with Crippen molar-refractivity contribution < 1.29 is 13.6 Å². The molecule has 0 unspecified atom stereocenters. The van der Waals surface area contributed by atoms with Gasteiger partial charge in [0.25, 0.3) is 5.91 Å². The lowest BCUT2D eigenvalue weighted by molar-refractivity contribution is 0.102. The summed E-state index contributed by atoms with van der Waals surface area (Å²) in [6.45, 7) is 1.66. The molecule has 1 amide bonds. The molecule has 19 heavy (non-hydrogen) atoms. The van der Waals surface area contributed by atoms with E-state index in [0.717, 1.165) is 12.1 Å². The highest BCUT2D eigenvalue weighted by atomic mass is 19.1. The van der Waals surface area contributed by atoms with Gasteiger partial charge in [-0.15, -0.1) is 0 Å². The molecule has 0 bridgehead atoms. The zero-order valence-electron chi connectivity index (χ0n) is 10.2. The number of nitrogens with two attached hydrogens (primary N) is 1. The molecule has 0 aliphatic carbocycles. The van der Waals surface area contributed by atoms with Crippen molar-refractivity contribution in [2.75, 3.05) is 11.1 Å². The zero-order valence-corrected chi connectivity index (χ0v) is 10.2. The monoisotopic (exact) mass is 262 g/mol. The molecule has 0 radical (unpaired) electrons. The minimum atomic E-state index is -0.648. The third kappa shape index (κ3) is 2.70. The zero-order chi connectivity index (χ0) is 14.0. The summed E-state index contributed by atoms with van der Waals surface area (Å²) < 4.78 is 26.7. The van der Waals surface area contributed by atoms with Crippen LogP contribution in [-0.2, 0) is 0 Å². The van der Waals surface area contributed by atoms with Gasteiger partial charge in [-0.3, -0.25) is 4.79 Å². The van der Waals surface area contributed by atoms with Gasteiger partial charge in [0, 0.05) is 5.69 Å². The fourth-order valence-corrected chi connectivity index (χ4v) is 1.70. The maximum Gasteiger partial charge on any atom is 0.257 e. The van der Waals surface area contributed by atoms with E-state index in [0.29, 0.717) is 5.56 Å². The summed E-state index contributed by atoms with van der Waals surface area (Å²) in [5.74, 6) is -1.78. The third-order valence-electron chi connectivity index (χ3n) is 2.72. The Labute approximate surface area is 109 Å². The summed E-state index contributed by atoms with van der Waals surface area (Å²) >= 11 is 0. The van der Waals surface area contributed by atoms with E-state index in [9.17, 15) is 13.6 Å². The van der Waals surface area contributed by atoms with Gasteiger partial charge in [0.05, 0.1) is 11.3 Å². The predicted octanol–water partition coefficient (Wildman–Crippen LogP) is 3.11. The number of rotatable bonds is 2. The molecule has 3 N–H and O–H groups in total. The Kier molecular flexibility index (Phi) is 3.46. The quantitative estimate of drug-likeness (QED) is 0.817. The third-order valence-corrected chi connectivity index (χ3v) is 2.72. The summed E-state index contributed by atoms with van der Waals surface area (Å²) in [5, 5.41) is 2.40. The number of carbonyl (C=O) groups excluding carboxylic acids is 1. The number of hydrogen-bond donors (Lipinski definition) is 2. The first-order valence-electron chi connectivity index (χ1n) is 5.60. The predicted molar refractivity (Wildman–Crippen MR) is 69.9 cm³/mol. The number of amides is 1. The van der Waals surface area contributed by atoms with Crippen LogP contribution >= 0.6 is 0 Å². The fourth-order valence-electron chi connectivity index (χ4n) is 1.70. The highest BCUT2D eigenvalue weighted by Crippen LogP contribution is 2.21. The molecule has 0 spiro atoms. The van der Waals surface area contributed by atoms with Crippen molar-refractivity contribution in [2.24, 2.45) is 0 Å². The number of nitrogen functional groups attached to an aromatic ring is 1. The molecule has 0 heterocycles. The number of para-hydroxylation sites is 1. The molecule has 0 aliphatic rings. The second-order valence-corrected chi connectivity index (χ2v) is 4.12. The van der Waals surface area contributed by atoms with Crippen molar-refractivity contribution in [3.05, 3.63) is 59.2 Å². The molecule has 3 nitrogen and oxygen atoms in total. The van der Waals surface area contributed by atoms with Crippen LogP contribution in [0.5, 0.6) is 0 Å². The van der Waals surface area contributed by atoms with Crippen molar-refractivity contribution in [2.45, 2.75) is 6.92 Å². The van der Waals surface area contributed by atoms with Crippen molar-refractivity contribution in [1.82, 2.24) is 0 Å². The molecule has 0 atom stereocenters. The molecule has 0 fully saturated rings. The van der Waals surface area contributed by atoms with Crippen molar-refractivity contribution in [3.8, 4) is 0 Å². The van der Waals surface area contributed by atoms with E-state index in [2.05, 4.69) is 5.32 Å². The summed E-state index contributed by atoms with van der Waals surface area (Å²) in [6, 6.07) is 7.89. The first-order chi connectivity index (χ1) is 8.99. The van der Waals surface area contributed by atoms with E-state index >= 15 is 0 Å². The lowest BCUT2D eigenvalue weighted by Crippen LogP contribution is -2.16. The summed E-state index contributed by atoms with van der Waals surface area (Å²) in [7, 11) is 0. The first-order valence-corrected chi connectivity index (χ1v) is 5.60. The van der Waals surface area contributed by atoms with Gasteiger partial charge in [-0.25, -0.2) is 8.78 Å². The lowest BCUT2D eigenvalue weighted by Gasteiger charge is -2.10. The Balaban J connectivity index is 2.34. The Bertz CT molecular complexity index is 621. The molecule has 0 aromatic heterocycles. The molecular weight excluding hydrogens is 250 g/mol. The van der Waals surface area contributed by atoms with Crippen LogP contribution in [0.2, 0.25) is 0 Å². The van der Waals surface area contributed by atoms with Crippen LogP contribution in [0.25, 0.3) is 0 Å². The molecule has 0 aliphatic heterocycles. The maximum absolute atomic E-state index is 13.6. The molecular formula is C14H12F2N2O. The average molecular weight is 262 g/mol. The van der Waals surface area contributed by atoms with E-state index in [4.69, 9.17) is 5.73 Å². The van der Waals surface area contributed by atoms with Gasteiger partial charge in [0.15, 0.2) is 0 Å². The molecule has 5 heteroatoms. The SMILES string of the molecule is Cc1cccc(F)c1NC(=O)c1cc(F)ccc1N. The summed E-state index contributed by atoms with van der Waals surface area (Å²) in [5.41, 5.74) is 6.34. The molecule has 2 rings (SSSR count). The Morgan fingerprint density at radius 2 is 1.95 bits per heavy atom. The number of halogens is 2.